The third-order valence-electron chi connectivity index (χ3n) is 6.59. The predicted octanol–water partition coefficient (Wildman–Crippen LogP) is 6.14. The summed E-state index contributed by atoms with van der Waals surface area (Å²) < 4.78 is 6.52. The van der Waals surface area contributed by atoms with Gasteiger partial charge in [-0.15, -0.1) is 0 Å². The molecule has 0 unspecified atom stereocenters. The molecule has 4 heterocycles. The molecule has 154 valence electrons. The van der Waals surface area contributed by atoms with E-state index in [1.807, 2.05) is 24.5 Å². The molecular formula is C27H20N4O. The number of pyridine rings is 2. The van der Waals surface area contributed by atoms with Crippen LogP contribution in [-0.2, 0) is 6.42 Å². The summed E-state index contributed by atoms with van der Waals surface area (Å²) in [7, 11) is 0. The maximum absolute atomic E-state index is 6.52. The molecule has 0 aliphatic carbocycles. The van der Waals surface area contributed by atoms with E-state index in [-0.39, 0.29) is 5.60 Å². The molecule has 3 aromatic carbocycles. The smallest absolute Gasteiger partial charge is 0.133 e. The zero-order valence-electron chi connectivity index (χ0n) is 17.9. The van der Waals surface area contributed by atoms with E-state index in [4.69, 9.17) is 14.7 Å². The molecule has 3 aromatic heterocycles. The summed E-state index contributed by atoms with van der Waals surface area (Å²) >= 11 is 0. The number of rotatable bonds is 0. The molecule has 0 saturated heterocycles. The van der Waals surface area contributed by atoms with E-state index in [2.05, 4.69) is 60.2 Å². The molecule has 6 aromatic rings. The van der Waals surface area contributed by atoms with Gasteiger partial charge in [0.15, 0.2) is 0 Å². The van der Waals surface area contributed by atoms with Crippen LogP contribution in [0.4, 0.5) is 0 Å². The highest BCUT2D eigenvalue weighted by Gasteiger charge is 2.31. The number of benzene rings is 3. The Morgan fingerprint density at radius 1 is 0.656 bits per heavy atom. The standard InChI is InChI=1S/C27H20N4O/c1-27(2)12-11-19-25-22(15-7-3-4-8-16(15)26(19)32-27)30-23-17-9-5-13-28-20(17)21-18(24(23)31-25)10-6-14-29-21/h3-10,13-14H,11-12H2,1-2H3. The monoisotopic (exact) mass is 416 g/mol. The van der Waals surface area contributed by atoms with E-state index < -0.39 is 0 Å². The third kappa shape index (κ3) is 2.33. The van der Waals surface area contributed by atoms with Gasteiger partial charge < -0.3 is 4.74 Å². The lowest BCUT2D eigenvalue weighted by Crippen LogP contribution is -2.32. The average molecular weight is 416 g/mol. The highest BCUT2D eigenvalue weighted by Crippen LogP contribution is 2.44. The third-order valence-corrected chi connectivity index (χ3v) is 6.59. The van der Waals surface area contributed by atoms with E-state index in [0.29, 0.717) is 0 Å². The summed E-state index contributed by atoms with van der Waals surface area (Å²) in [5.74, 6) is 0.947. The minimum absolute atomic E-state index is 0.202. The molecule has 0 N–H and O–H groups in total. The molecule has 0 spiro atoms. The molecule has 0 atom stereocenters. The van der Waals surface area contributed by atoms with Crippen LogP contribution in [0.3, 0.4) is 0 Å². The van der Waals surface area contributed by atoms with Crippen molar-refractivity contribution in [2.45, 2.75) is 32.3 Å². The summed E-state index contributed by atoms with van der Waals surface area (Å²) in [6.45, 7) is 4.30. The maximum atomic E-state index is 6.52. The minimum atomic E-state index is -0.202. The molecule has 1 aliphatic heterocycles. The molecule has 5 nitrogen and oxygen atoms in total. The van der Waals surface area contributed by atoms with Gasteiger partial charge in [-0.3, -0.25) is 9.97 Å². The van der Waals surface area contributed by atoms with Gasteiger partial charge in [0.2, 0.25) is 0 Å². The van der Waals surface area contributed by atoms with Crippen LogP contribution in [0.1, 0.15) is 25.8 Å². The Labute approximate surface area is 184 Å². The summed E-state index contributed by atoms with van der Waals surface area (Å²) in [6, 6.07) is 16.4. The molecule has 0 bridgehead atoms. The number of ether oxygens (including phenoxy) is 1. The van der Waals surface area contributed by atoms with Gasteiger partial charge in [-0.2, -0.15) is 0 Å². The van der Waals surface area contributed by atoms with Crippen LogP contribution in [0.25, 0.3) is 54.6 Å². The Kier molecular flexibility index (Phi) is 3.39. The van der Waals surface area contributed by atoms with Crippen LogP contribution in [0.15, 0.2) is 60.9 Å². The minimum Gasteiger partial charge on any atom is -0.487 e. The summed E-state index contributed by atoms with van der Waals surface area (Å²) in [4.78, 5) is 19.8. The van der Waals surface area contributed by atoms with Crippen molar-refractivity contribution in [1.29, 1.82) is 0 Å². The van der Waals surface area contributed by atoms with Crippen molar-refractivity contribution in [3.8, 4) is 5.75 Å². The van der Waals surface area contributed by atoms with Crippen molar-refractivity contribution in [3.63, 3.8) is 0 Å². The first kappa shape index (κ1) is 17.8. The van der Waals surface area contributed by atoms with Crippen LogP contribution in [0.2, 0.25) is 0 Å². The Morgan fingerprint density at radius 2 is 1.22 bits per heavy atom. The second kappa shape index (κ2) is 6.10. The van der Waals surface area contributed by atoms with Crippen molar-refractivity contribution >= 4 is 54.6 Å². The first-order valence-corrected chi connectivity index (χ1v) is 11.0. The van der Waals surface area contributed by atoms with Crippen LogP contribution >= 0.6 is 0 Å². The summed E-state index contributed by atoms with van der Waals surface area (Å²) in [5, 5.41) is 4.11. The second-order valence-corrected chi connectivity index (χ2v) is 9.13. The molecule has 32 heavy (non-hydrogen) atoms. The van der Waals surface area contributed by atoms with Gasteiger partial charge in [0.05, 0.1) is 33.1 Å². The Balaban J connectivity index is 1.75. The molecule has 1 aliphatic rings. The van der Waals surface area contributed by atoms with Crippen molar-refractivity contribution in [2.24, 2.45) is 0 Å². The van der Waals surface area contributed by atoms with Crippen molar-refractivity contribution in [2.75, 3.05) is 0 Å². The first-order valence-electron chi connectivity index (χ1n) is 11.0. The highest BCUT2D eigenvalue weighted by atomic mass is 16.5. The lowest BCUT2D eigenvalue weighted by Gasteiger charge is -2.34. The molecule has 5 heteroatoms. The maximum Gasteiger partial charge on any atom is 0.133 e. The quantitative estimate of drug-likeness (QED) is 0.220. The molecule has 0 fully saturated rings. The lowest BCUT2D eigenvalue weighted by molar-refractivity contribution is 0.0873. The fraction of sp³-hybridized carbons (Fsp3) is 0.185. The van der Waals surface area contributed by atoms with Gasteiger partial charge in [-0.25, -0.2) is 9.97 Å². The van der Waals surface area contributed by atoms with Crippen molar-refractivity contribution in [3.05, 3.63) is 66.5 Å². The van der Waals surface area contributed by atoms with Crippen LogP contribution < -0.4 is 4.74 Å². The van der Waals surface area contributed by atoms with E-state index >= 15 is 0 Å². The molecule has 0 amide bonds. The molecule has 7 rings (SSSR count). The summed E-state index contributed by atoms with van der Waals surface area (Å²) in [5.41, 5.74) is 6.24. The fourth-order valence-corrected chi connectivity index (χ4v) is 5.04. The van der Waals surface area contributed by atoms with Crippen LogP contribution in [0.5, 0.6) is 5.75 Å². The number of nitrogens with zero attached hydrogens (tertiary/aromatic N) is 4. The Morgan fingerprint density at radius 3 is 1.91 bits per heavy atom. The molecule has 0 radical (unpaired) electrons. The van der Waals surface area contributed by atoms with Crippen LogP contribution in [-0.4, -0.2) is 25.5 Å². The number of hydrogen-bond acceptors (Lipinski definition) is 5. The van der Waals surface area contributed by atoms with Crippen molar-refractivity contribution in [1.82, 2.24) is 19.9 Å². The summed E-state index contributed by atoms with van der Waals surface area (Å²) in [6.07, 6.45) is 5.47. The van der Waals surface area contributed by atoms with Gasteiger partial charge in [0.25, 0.3) is 0 Å². The first-order chi connectivity index (χ1) is 15.6. The van der Waals surface area contributed by atoms with E-state index in [1.165, 1.54) is 0 Å². The zero-order chi connectivity index (χ0) is 21.4. The largest absolute Gasteiger partial charge is 0.487 e. The zero-order valence-corrected chi connectivity index (χ0v) is 17.9. The molecule has 0 saturated carbocycles. The normalized spacial score (nSPS) is 15.4. The number of aryl methyl sites for hydroxylation is 1. The topological polar surface area (TPSA) is 60.8 Å². The second-order valence-electron chi connectivity index (χ2n) is 9.13. The van der Waals surface area contributed by atoms with Gasteiger partial charge >= 0.3 is 0 Å². The van der Waals surface area contributed by atoms with E-state index in [0.717, 1.165) is 78.8 Å². The van der Waals surface area contributed by atoms with E-state index in [9.17, 15) is 0 Å². The van der Waals surface area contributed by atoms with Gasteiger partial charge in [-0.05, 0) is 51.0 Å². The molecular weight excluding hydrogens is 396 g/mol. The average Bonchev–Trinajstić information content (AvgIpc) is 2.83. The van der Waals surface area contributed by atoms with Gasteiger partial charge in [0, 0.05) is 39.5 Å². The number of hydrogen-bond donors (Lipinski definition) is 0. The number of fused-ring (bicyclic) bond motifs is 12. The SMILES string of the molecule is CC1(C)CCc2c(c3ccccc3c3nc4c5cccnc5c5ncccc5c4nc23)O1. The lowest BCUT2D eigenvalue weighted by atomic mass is 9.90. The van der Waals surface area contributed by atoms with Gasteiger partial charge in [0.1, 0.15) is 11.4 Å². The van der Waals surface area contributed by atoms with Crippen molar-refractivity contribution < 1.29 is 4.74 Å². The predicted molar refractivity (Wildman–Crippen MR) is 128 cm³/mol. The Bertz CT molecular complexity index is 1740. The number of aromatic nitrogens is 4. The highest BCUT2D eigenvalue weighted by molar-refractivity contribution is 6.22. The Hall–Kier alpha value is -3.86. The fourth-order valence-electron chi connectivity index (χ4n) is 5.04. The van der Waals surface area contributed by atoms with Gasteiger partial charge in [-0.1, -0.05) is 24.3 Å². The van der Waals surface area contributed by atoms with Crippen LogP contribution in [0, 0.1) is 0 Å². The van der Waals surface area contributed by atoms with E-state index in [1.54, 1.807) is 0 Å².